The lowest BCUT2D eigenvalue weighted by atomic mass is 10.0. The fraction of sp³-hybridized carbons (Fsp3) is 0.440. The van der Waals surface area contributed by atoms with Crippen LogP contribution in [0.5, 0.6) is 0 Å². The quantitative estimate of drug-likeness (QED) is 0.270. The van der Waals surface area contributed by atoms with Crippen LogP contribution in [-0.2, 0) is 9.68 Å². The summed E-state index contributed by atoms with van der Waals surface area (Å²) < 4.78 is 35.2. The van der Waals surface area contributed by atoms with Crippen molar-refractivity contribution in [1.82, 2.24) is 9.78 Å². The van der Waals surface area contributed by atoms with Crippen molar-refractivity contribution in [2.45, 2.75) is 57.4 Å². The highest BCUT2D eigenvalue weighted by molar-refractivity contribution is 8.01. The molecule has 2 aromatic carbocycles. The van der Waals surface area contributed by atoms with Gasteiger partial charge in [-0.25, -0.2) is 4.79 Å². The van der Waals surface area contributed by atoms with Crippen molar-refractivity contribution in [3.63, 3.8) is 0 Å². The zero-order valence-corrected chi connectivity index (χ0v) is 21.6. The molecule has 0 radical (unpaired) electrons. The summed E-state index contributed by atoms with van der Waals surface area (Å²) in [5.41, 5.74) is 2.75. The second-order valence-electron chi connectivity index (χ2n) is 9.90. The first-order chi connectivity index (χ1) is 17.0. The molecule has 4 rings (SSSR count). The van der Waals surface area contributed by atoms with E-state index in [1.807, 2.05) is 63.2 Å². The van der Waals surface area contributed by atoms with Crippen LogP contribution in [0.3, 0.4) is 0 Å². The number of ether oxygens (including phenoxy) is 1. The van der Waals surface area contributed by atoms with E-state index in [9.17, 15) is 13.7 Å². The van der Waals surface area contributed by atoms with E-state index >= 15 is 0 Å². The number of anilines is 3. The summed E-state index contributed by atoms with van der Waals surface area (Å²) >= 11 is 0.512. The highest BCUT2D eigenvalue weighted by Crippen LogP contribution is 2.31. The monoisotopic (exact) mass is 519 g/mol. The Kier molecular flexibility index (Phi) is 7.60. The van der Waals surface area contributed by atoms with Gasteiger partial charge in [-0.05, 0) is 80.6 Å². The molecule has 2 heterocycles. The maximum atomic E-state index is 13.5. The van der Waals surface area contributed by atoms with Gasteiger partial charge >= 0.3 is 11.3 Å². The molecule has 36 heavy (non-hydrogen) atoms. The predicted molar refractivity (Wildman–Crippen MR) is 140 cm³/mol. The Labute approximate surface area is 213 Å². The number of hydrogen-bond acceptors (Lipinski definition) is 8. The molecule has 8 nitrogen and oxygen atoms in total. The van der Waals surface area contributed by atoms with E-state index in [1.54, 1.807) is 6.20 Å². The van der Waals surface area contributed by atoms with Crippen LogP contribution in [0, 0.1) is 0 Å². The molecular formula is C25H31F2N5O3S. The number of halogens is 2. The number of benzene rings is 2. The summed E-state index contributed by atoms with van der Waals surface area (Å²) in [6.07, 6.45) is 3.22. The summed E-state index contributed by atoms with van der Waals surface area (Å²) in [4.78, 5) is 18.0. The van der Waals surface area contributed by atoms with E-state index in [2.05, 4.69) is 25.0 Å². The molecule has 194 valence electrons. The van der Waals surface area contributed by atoms with Crippen LogP contribution in [0.4, 0.5) is 30.8 Å². The first-order valence-corrected chi connectivity index (χ1v) is 12.6. The topological polar surface area (TPSA) is 80.7 Å². The molecule has 1 fully saturated rings. The summed E-state index contributed by atoms with van der Waals surface area (Å²) in [5, 5.41) is 6.21. The zero-order valence-electron chi connectivity index (χ0n) is 20.8. The van der Waals surface area contributed by atoms with Gasteiger partial charge in [0.2, 0.25) is 0 Å². The molecule has 3 aromatic rings. The number of nitrogens with one attached hydrogen (secondary N) is 2. The smallest absolute Gasteiger partial charge is 0.435 e. The van der Waals surface area contributed by atoms with Gasteiger partial charge in [0.05, 0.1) is 11.7 Å². The maximum Gasteiger partial charge on any atom is 0.435 e. The van der Waals surface area contributed by atoms with Gasteiger partial charge in [0, 0.05) is 60.5 Å². The van der Waals surface area contributed by atoms with Gasteiger partial charge < -0.3 is 19.7 Å². The molecule has 0 bridgehead atoms. The lowest BCUT2D eigenvalue weighted by molar-refractivity contribution is -0.237. The van der Waals surface area contributed by atoms with E-state index in [4.69, 9.17) is 4.74 Å². The Morgan fingerprint density at radius 3 is 2.56 bits per heavy atom. The van der Waals surface area contributed by atoms with Gasteiger partial charge in [-0.1, -0.05) is 0 Å². The second kappa shape index (κ2) is 10.5. The lowest BCUT2D eigenvalue weighted by Crippen LogP contribution is -2.42. The Bertz CT molecular complexity index is 1200. The van der Waals surface area contributed by atoms with Crippen LogP contribution in [0.25, 0.3) is 10.9 Å². The van der Waals surface area contributed by atoms with Gasteiger partial charge in [0.25, 0.3) is 0 Å². The first kappa shape index (κ1) is 26.0. The third-order valence-corrected chi connectivity index (χ3v) is 6.41. The zero-order chi connectivity index (χ0) is 25.9. The molecule has 0 amide bonds. The van der Waals surface area contributed by atoms with Crippen LogP contribution < -0.4 is 14.9 Å². The molecule has 2 N–H and O–H groups in total. The predicted octanol–water partition coefficient (Wildman–Crippen LogP) is 6.50. The van der Waals surface area contributed by atoms with Crippen molar-refractivity contribution in [2.75, 3.05) is 28.0 Å². The number of alkyl halides is 1. The number of aromatic nitrogens is 2. The van der Waals surface area contributed by atoms with Crippen LogP contribution in [0.15, 0.2) is 48.7 Å². The van der Waals surface area contributed by atoms with Crippen molar-refractivity contribution in [1.29, 1.82) is 0 Å². The first-order valence-electron chi connectivity index (χ1n) is 11.8. The summed E-state index contributed by atoms with van der Waals surface area (Å²) in [6.45, 7) is 8.20. The molecule has 1 aromatic heterocycles. The highest BCUT2D eigenvalue weighted by atomic mass is 32.2. The van der Waals surface area contributed by atoms with Crippen molar-refractivity contribution < 1.29 is 23.4 Å². The Hall–Kier alpha value is -3.05. The van der Waals surface area contributed by atoms with Gasteiger partial charge in [-0.15, -0.1) is 4.94 Å². The van der Waals surface area contributed by atoms with Gasteiger partial charge in [-0.3, -0.25) is 0 Å². The van der Waals surface area contributed by atoms with Crippen LogP contribution in [0.2, 0.25) is 0 Å². The molecule has 0 spiro atoms. The molecule has 2 atom stereocenters. The lowest BCUT2D eigenvalue weighted by Gasteiger charge is -2.35. The average molecular weight is 520 g/mol. The summed E-state index contributed by atoms with van der Waals surface area (Å²) in [5.74, 6) is 0. The van der Waals surface area contributed by atoms with Gasteiger partial charge in [0.1, 0.15) is 5.60 Å². The fourth-order valence-electron chi connectivity index (χ4n) is 4.04. The van der Waals surface area contributed by atoms with Gasteiger partial charge in [0.15, 0.2) is 0 Å². The molecule has 1 aliphatic heterocycles. The number of carbonyl (C=O) groups is 1. The number of piperidine rings is 1. The van der Waals surface area contributed by atoms with Crippen molar-refractivity contribution in [3.05, 3.63) is 48.7 Å². The molecule has 2 unspecified atom stereocenters. The van der Waals surface area contributed by atoms with Crippen molar-refractivity contribution >= 4 is 46.0 Å². The van der Waals surface area contributed by atoms with E-state index in [1.165, 1.54) is 4.68 Å². The third kappa shape index (κ3) is 6.58. The average Bonchev–Trinajstić information content (AvgIpc) is 3.26. The molecule has 1 saturated heterocycles. The Morgan fingerprint density at radius 1 is 1.14 bits per heavy atom. The molecule has 0 saturated carbocycles. The minimum atomic E-state index is -2.46. The van der Waals surface area contributed by atoms with Crippen LogP contribution >= 0.6 is 11.9 Å². The minimum Gasteiger partial charge on any atom is -0.442 e. The van der Waals surface area contributed by atoms with E-state index < -0.39 is 16.9 Å². The minimum absolute atomic E-state index is 0.236. The largest absolute Gasteiger partial charge is 0.442 e. The second-order valence-corrected chi connectivity index (χ2v) is 11.0. The standard InChI is InChI=1S/C25H31F2N5O3S/c1-24(2,3)34-23(33)32-22-12-9-19(14-17(22)15-28-32)29-20-6-5-13-31(16-20)21-10-7-18(8-11-21)30-36-25(4,26)35-27/h7-12,14-15,20,29-30H,5-6,13,16H2,1-4H3. The van der Waals surface area contributed by atoms with E-state index in [-0.39, 0.29) is 6.04 Å². The summed E-state index contributed by atoms with van der Waals surface area (Å²) in [6, 6.07) is 13.6. The van der Waals surface area contributed by atoms with Gasteiger partial charge in [-0.2, -0.15) is 14.2 Å². The number of rotatable bonds is 7. The molecule has 0 aliphatic carbocycles. The number of hydrogen-bond donors (Lipinski definition) is 2. The summed E-state index contributed by atoms with van der Waals surface area (Å²) in [7, 11) is 0. The number of nitrogens with zero attached hydrogens (tertiary/aromatic N) is 3. The number of fused-ring (bicyclic) bond motifs is 1. The molecule has 11 heteroatoms. The third-order valence-electron chi connectivity index (χ3n) is 5.65. The Balaban J connectivity index is 1.38. The molecular weight excluding hydrogens is 488 g/mol. The van der Waals surface area contributed by atoms with Crippen LogP contribution in [0.1, 0.15) is 40.5 Å². The van der Waals surface area contributed by atoms with Crippen molar-refractivity contribution in [2.24, 2.45) is 0 Å². The molecule has 1 aliphatic rings. The van der Waals surface area contributed by atoms with E-state index in [0.29, 0.717) is 23.2 Å². The maximum absolute atomic E-state index is 13.5. The normalized spacial score (nSPS) is 18.1. The van der Waals surface area contributed by atoms with Crippen LogP contribution in [-0.4, -0.2) is 45.8 Å². The number of carbonyl (C=O) groups excluding carboxylic acids is 1. The fourth-order valence-corrected chi connectivity index (χ4v) is 4.51. The van der Waals surface area contributed by atoms with Crippen molar-refractivity contribution in [3.8, 4) is 0 Å². The van der Waals surface area contributed by atoms with E-state index in [0.717, 1.165) is 49.6 Å². The SMILES string of the molecule is CC(C)(C)OC(=O)n1ncc2cc(NC3CCCN(c4ccc(NSC(C)(F)OF)cc4)C3)ccc21. The highest BCUT2D eigenvalue weighted by Gasteiger charge is 2.27. The Morgan fingerprint density at radius 2 is 1.86 bits per heavy atom.